The van der Waals surface area contributed by atoms with E-state index in [9.17, 15) is 4.79 Å². The number of nitrogens with two attached hydrogens (primary N) is 1. The fraction of sp³-hybridized carbons (Fsp3) is 0.583. The van der Waals surface area contributed by atoms with Crippen molar-refractivity contribution >= 4 is 33.0 Å². The van der Waals surface area contributed by atoms with E-state index in [2.05, 4.69) is 15.9 Å². The van der Waals surface area contributed by atoms with E-state index in [0.29, 0.717) is 0 Å². The number of ketones is 1. The zero-order valence-corrected chi connectivity index (χ0v) is 12.1. The normalized spacial score (nSPS) is 14.8. The smallest absolute Gasteiger partial charge is 0.176 e. The van der Waals surface area contributed by atoms with Gasteiger partial charge in [-0.05, 0) is 47.1 Å². The molecule has 1 rings (SSSR count). The molecule has 0 fully saturated rings. The summed E-state index contributed by atoms with van der Waals surface area (Å²) in [4.78, 5) is 12.9. The number of rotatable bonds is 6. The van der Waals surface area contributed by atoms with Crippen LogP contribution in [-0.4, -0.2) is 11.8 Å². The number of halogens is 1. The summed E-state index contributed by atoms with van der Waals surface area (Å²) in [6, 6.07) is 2.16. The van der Waals surface area contributed by atoms with Crippen molar-refractivity contribution in [3.05, 3.63) is 20.8 Å². The third-order valence-corrected chi connectivity index (χ3v) is 4.44. The van der Waals surface area contributed by atoms with Crippen molar-refractivity contribution < 1.29 is 4.79 Å². The van der Waals surface area contributed by atoms with Crippen LogP contribution in [0.15, 0.2) is 15.9 Å². The molecule has 0 aliphatic carbocycles. The van der Waals surface area contributed by atoms with Crippen molar-refractivity contribution in [1.29, 1.82) is 0 Å². The van der Waals surface area contributed by atoms with Crippen LogP contribution in [-0.2, 0) is 0 Å². The van der Waals surface area contributed by atoms with Crippen LogP contribution in [0.2, 0.25) is 0 Å². The monoisotopic (exact) mass is 303 g/mol. The van der Waals surface area contributed by atoms with E-state index in [4.69, 9.17) is 5.73 Å². The van der Waals surface area contributed by atoms with Gasteiger partial charge in [0.1, 0.15) is 0 Å². The molecule has 0 saturated carbocycles. The Bertz CT molecular complexity index is 349. The van der Waals surface area contributed by atoms with Crippen LogP contribution in [0.4, 0.5) is 0 Å². The molecule has 0 radical (unpaired) electrons. The molecule has 2 unspecified atom stereocenters. The van der Waals surface area contributed by atoms with E-state index in [0.717, 1.165) is 28.6 Å². The Morgan fingerprint density at radius 3 is 2.69 bits per heavy atom. The Morgan fingerprint density at radius 2 is 2.19 bits per heavy atom. The van der Waals surface area contributed by atoms with E-state index in [1.165, 1.54) is 11.3 Å². The van der Waals surface area contributed by atoms with E-state index < -0.39 is 0 Å². The van der Waals surface area contributed by atoms with Gasteiger partial charge in [-0.15, -0.1) is 11.3 Å². The fourth-order valence-electron chi connectivity index (χ4n) is 1.57. The van der Waals surface area contributed by atoms with Crippen molar-refractivity contribution in [2.24, 2.45) is 11.7 Å². The molecule has 0 bridgehead atoms. The molecule has 2 atom stereocenters. The lowest BCUT2D eigenvalue weighted by atomic mass is 9.97. The van der Waals surface area contributed by atoms with Crippen LogP contribution in [0.3, 0.4) is 0 Å². The van der Waals surface area contributed by atoms with Gasteiger partial charge in [-0.2, -0.15) is 0 Å². The molecular weight excluding hydrogens is 286 g/mol. The molecule has 0 amide bonds. The van der Waals surface area contributed by atoms with Gasteiger partial charge in [0.2, 0.25) is 0 Å². The third-order valence-electron chi connectivity index (χ3n) is 2.59. The van der Waals surface area contributed by atoms with Gasteiger partial charge in [0.15, 0.2) is 5.78 Å². The average molecular weight is 304 g/mol. The van der Waals surface area contributed by atoms with Crippen molar-refractivity contribution in [3.8, 4) is 0 Å². The average Bonchev–Trinajstić information content (AvgIpc) is 2.62. The summed E-state index contributed by atoms with van der Waals surface area (Å²) in [6.07, 6.45) is 2.93. The van der Waals surface area contributed by atoms with Crippen molar-refractivity contribution in [2.75, 3.05) is 0 Å². The largest absolute Gasteiger partial charge is 0.328 e. The summed E-state index contributed by atoms with van der Waals surface area (Å²) in [6.45, 7) is 4.00. The summed E-state index contributed by atoms with van der Waals surface area (Å²) in [5, 5.41) is 1.94. The van der Waals surface area contributed by atoms with E-state index in [-0.39, 0.29) is 17.7 Å². The topological polar surface area (TPSA) is 43.1 Å². The molecule has 0 aromatic carbocycles. The molecular formula is C12H18BrNOS. The number of hydrogen-bond donors (Lipinski definition) is 1. The number of carbonyl (C=O) groups excluding carboxylic acids is 1. The number of carbonyl (C=O) groups is 1. The first-order valence-corrected chi connectivity index (χ1v) is 7.22. The van der Waals surface area contributed by atoms with Gasteiger partial charge < -0.3 is 5.73 Å². The standard InChI is InChI=1S/C12H18BrNOS/c1-8(4-3-5-9(2)14)11(15)12-10(13)6-7-16-12/h6-9H,3-5,14H2,1-2H3. The third kappa shape index (κ3) is 4.00. The number of hydrogen-bond acceptors (Lipinski definition) is 3. The highest BCUT2D eigenvalue weighted by Crippen LogP contribution is 2.27. The fourth-order valence-corrected chi connectivity index (χ4v) is 3.19. The lowest BCUT2D eigenvalue weighted by Crippen LogP contribution is -2.16. The summed E-state index contributed by atoms with van der Waals surface area (Å²) in [5.74, 6) is 0.334. The first-order valence-electron chi connectivity index (χ1n) is 5.55. The van der Waals surface area contributed by atoms with Crippen LogP contribution in [0.5, 0.6) is 0 Å². The second-order valence-corrected chi connectivity index (χ2v) is 6.04. The van der Waals surface area contributed by atoms with Crippen LogP contribution >= 0.6 is 27.3 Å². The molecule has 2 N–H and O–H groups in total. The molecule has 16 heavy (non-hydrogen) atoms. The minimum atomic E-state index is 0.0914. The SMILES string of the molecule is CC(N)CCCC(C)C(=O)c1sccc1Br. The van der Waals surface area contributed by atoms with Crippen LogP contribution in [0.1, 0.15) is 42.8 Å². The first-order chi connectivity index (χ1) is 7.52. The Labute approximate surface area is 109 Å². The number of Topliss-reactive ketones (excluding diaryl/α,β-unsaturated/α-hetero) is 1. The molecule has 0 saturated heterocycles. The molecule has 90 valence electrons. The Hall–Kier alpha value is -0.190. The highest BCUT2D eigenvalue weighted by molar-refractivity contribution is 9.10. The van der Waals surface area contributed by atoms with Gasteiger partial charge >= 0.3 is 0 Å². The summed E-state index contributed by atoms with van der Waals surface area (Å²) in [5.41, 5.74) is 5.68. The van der Waals surface area contributed by atoms with Crippen LogP contribution in [0, 0.1) is 5.92 Å². The second-order valence-electron chi connectivity index (χ2n) is 4.27. The Morgan fingerprint density at radius 1 is 1.50 bits per heavy atom. The zero-order chi connectivity index (χ0) is 12.1. The molecule has 0 aliphatic heterocycles. The van der Waals surface area contributed by atoms with E-state index >= 15 is 0 Å². The van der Waals surface area contributed by atoms with Gasteiger partial charge in [-0.1, -0.05) is 13.3 Å². The highest BCUT2D eigenvalue weighted by atomic mass is 79.9. The minimum absolute atomic E-state index is 0.0914. The predicted molar refractivity (Wildman–Crippen MR) is 73.0 cm³/mol. The van der Waals surface area contributed by atoms with E-state index in [1.807, 2.05) is 25.3 Å². The number of thiophene rings is 1. The lowest BCUT2D eigenvalue weighted by Gasteiger charge is -2.10. The van der Waals surface area contributed by atoms with Gasteiger partial charge in [-0.25, -0.2) is 0 Å². The quantitative estimate of drug-likeness (QED) is 0.811. The molecule has 0 aliphatic rings. The maximum Gasteiger partial charge on any atom is 0.176 e. The summed E-state index contributed by atoms with van der Waals surface area (Å²) in [7, 11) is 0. The van der Waals surface area contributed by atoms with Crippen LogP contribution in [0.25, 0.3) is 0 Å². The molecule has 4 heteroatoms. The predicted octanol–water partition coefficient (Wildman–Crippen LogP) is 3.85. The second kappa shape index (κ2) is 6.52. The van der Waals surface area contributed by atoms with Crippen LogP contribution < -0.4 is 5.73 Å². The van der Waals surface area contributed by atoms with Crippen molar-refractivity contribution in [2.45, 2.75) is 39.2 Å². The highest BCUT2D eigenvalue weighted by Gasteiger charge is 2.18. The maximum absolute atomic E-state index is 12.1. The van der Waals surface area contributed by atoms with Gasteiger partial charge in [-0.3, -0.25) is 4.79 Å². The maximum atomic E-state index is 12.1. The van der Waals surface area contributed by atoms with Crippen molar-refractivity contribution in [3.63, 3.8) is 0 Å². The summed E-state index contributed by atoms with van der Waals surface area (Å²) >= 11 is 4.90. The summed E-state index contributed by atoms with van der Waals surface area (Å²) < 4.78 is 0.918. The molecule has 2 nitrogen and oxygen atoms in total. The van der Waals surface area contributed by atoms with Gasteiger partial charge in [0.05, 0.1) is 4.88 Å². The minimum Gasteiger partial charge on any atom is -0.328 e. The first kappa shape index (κ1) is 13.9. The lowest BCUT2D eigenvalue weighted by molar-refractivity contribution is 0.0925. The Balaban J connectivity index is 2.46. The molecule has 1 aromatic rings. The van der Waals surface area contributed by atoms with Gasteiger partial charge in [0, 0.05) is 16.4 Å². The molecule has 0 spiro atoms. The zero-order valence-electron chi connectivity index (χ0n) is 9.70. The Kier molecular flexibility index (Phi) is 5.66. The molecule has 1 aromatic heterocycles. The van der Waals surface area contributed by atoms with Crippen molar-refractivity contribution in [1.82, 2.24) is 0 Å². The van der Waals surface area contributed by atoms with Gasteiger partial charge in [0.25, 0.3) is 0 Å². The molecule has 1 heterocycles. The van der Waals surface area contributed by atoms with E-state index in [1.54, 1.807) is 0 Å².